The van der Waals surface area contributed by atoms with Crippen LogP contribution in [-0.2, 0) is 4.79 Å². The molecule has 1 heterocycles. The van der Waals surface area contributed by atoms with Gasteiger partial charge in [0.15, 0.2) is 17.5 Å². The van der Waals surface area contributed by atoms with Crippen LogP contribution in [0.2, 0.25) is 0 Å². The zero-order valence-corrected chi connectivity index (χ0v) is 19.3. The van der Waals surface area contributed by atoms with Gasteiger partial charge in [-0.05, 0) is 43.3 Å². The van der Waals surface area contributed by atoms with Crippen molar-refractivity contribution in [2.45, 2.75) is 6.92 Å². The average Bonchev–Trinajstić information content (AvgIpc) is 3.34. The van der Waals surface area contributed by atoms with Crippen LogP contribution in [0.1, 0.15) is 15.9 Å². The van der Waals surface area contributed by atoms with Crippen molar-refractivity contribution < 1.29 is 27.5 Å². The lowest BCUT2D eigenvalue weighted by atomic mass is 10.1. The molecule has 36 heavy (non-hydrogen) atoms. The molecule has 0 spiro atoms. The molecule has 0 saturated heterocycles. The summed E-state index contributed by atoms with van der Waals surface area (Å²) in [6, 6.07) is 16.1. The fraction of sp³-hybridized carbons (Fsp3) is 0.115. The third kappa shape index (κ3) is 5.22. The van der Waals surface area contributed by atoms with Crippen molar-refractivity contribution in [3.05, 3.63) is 95.4 Å². The van der Waals surface area contributed by atoms with Gasteiger partial charge in [0.2, 0.25) is 5.91 Å². The lowest BCUT2D eigenvalue weighted by molar-refractivity contribution is -0.115. The molecule has 0 aliphatic rings. The van der Waals surface area contributed by atoms with Crippen LogP contribution in [0.5, 0.6) is 5.75 Å². The SMILES string of the molecule is COc1cccc(-c2nn(-c3ccc(C)cc3)cc2C(=O)NCC(=O)Nc2ccc(F)c(F)c2F)c1. The molecule has 0 saturated carbocycles. The van der Waals surface area contributed by atoms with Gasteiger partial charge >= 0.3 is 0 Å². The van der Waals surface area contributed by atoms with Crippen LogP contribution in [0.25, 0.3) is 16.9 Å². The number of aromatic nitrogens is 2. The Kier molecular flexibility index (Phi) is 7.05. The fourth-order valence-electron chi connectivity index (χ4n) is 3.43. The number of nitrogens with zero attached hydrogens (tertiary/aromatic N) is 2. The molecule has 4 aromatic rings. The maximum atomic E-state index is 13.8. The Hall–Kier alpha value is -4.60. The highest BCUT2D eigenvalue weighted by Crippen LogP contribution is 2.27. The fourth-order valence-corrected chi connectivity index (χ4v) is 3.43. The maximum absolute atomic E-state index is 13.8. The molecule has 2 amide bonds. The summed E-state index contributed by atoms with van der Waals surface area (Å²) in [4.78, 5) is 25.3. The third-order valence-corrected chi connectivity index (χ3v) is 5.32. The minimum Gasteiger partial charge on any atom is -0.497 e. The van der Waals surface area contributed by atoms with Gasteiger partial charge in [-0.25, -0.2) is 17.9 Å². The number of nitrogens with one attached hydrogen (secondary N) is 2. The molecule has 0 bridgehead atoms. The first-order valence-corrected chi connectivity index (χ1v) is 10.8. The molecule has 7 nitrogen and oxygen atoms in total. The first-order valence-electron chi connectivity index (χ1n) is 10.8. The second kappa shape index (κ2) is 10.3. The molecule has 0 atom stereocenters. The van der Waals surface area contributed by atoms with Gasteiger partial charge in [0.1, 0.15) is 11.4 Å². The number of carbonyl (C=O) groups is 2. The Morgan fingerprint density at radius 2 is 1.75 bits per heavy atom. The number of carbonyl (C=O) groups excluding carboxylic acids is 2. The molecule has 10 heteroatoms. The molecule has 0 aliphatic heterocycles. The number of benzene rings is 3. The van der Waals surface area contributed by atoms with E-state index < -0.39 is 41.5 Å². The topological polar surface area (TPSA) is 85.2 Å². The number of anilines is 1. The predicted octanol–water partition coefficient (Wildman–Crippen LogP) is 4.64. The molecule has 4 rings (SSSR count). The summed E-state index contributed by atoms with van der Waals surface area (Å²) in [5.74, 6) is -5.50. The van der Waals surface area contributed by atoms with Gasteiger partial charge in [-0.2, -0.15) is 5.10 Å². The smallest absolute Gasteiger partial charge is 0.255 e. The van der Waals surface area contributed by atoms with Gasteiger partial charge in [0, 0.05) is 11.8 Å². The number of hydrogen-bond donors (Lipinski definition) is 2. The van der Waals surface area contributed by atoms with E-state index in [1.54, 1.807) is 28.9 Å². The second-order valence-electron chi connectivity index (χ2n) is 7.86. The normalized spacial score (nSPS) is 10.7. The molecule has 0 unspecified atom stereocenters. The number of rotatable bonds is 7. The van der Waals surface area contributed by atoms with Gasteiger partial charge in [-0.1, -0.05) is 29.8 Å². The minimum atomic E-state index is -1.71. The quantitative estimate of drug-likeness (QED) is 0.367. The van der Waals surface area contributed by atoms with Crippen molar-refractivity contribution in [2.24, 2.45) is 0 Å². The monoisotopic (exact) mass is 494 g/mol. The largest absolute Gasteiger partial charge is 0.497 e. The first kappa shape index (κ1) is 24.5. The van der Waals surface area contributed by atoms with Crippen molar-refractivity contribution >= 4 is 17.5 Å². The predicted molar refractivity (Wildman–Crippen MR) is 128 cm³/mol. The second-order valence-corrected chi connectivity index (χ2v) is 7.86. The Bertz CT molecular complexity index is 1440. The Morgan fingerprint density at radius 1 is 1.00 bits per heavy atom. The lowest BCUT2D eigenvalue weighted by Gasteiger charge is -2.09. The number of halogens is 3. The van der Waals surface area contributed by atoms with E-state index >= 15 is 0 Å². The van der Waals surface area contributed by atoms with E-state index in [4.69, 9.17) is 4.74 Å². The van der Waals surface area contributed by atoms with E-state index in [-0.39, 0.29) is 5.56 Å². The molecule has 0 aliphatic carbocycles. The molecule has 3 aromatic carbocycles. The zero-order chi connectivity index (χ0) is 25.8. The summed E-state index contributed by atoms with van der Waals surface area (Å²) < 4.78 is 47.2. The molecule has 0 fully saturated rings. The number of methoxy groups -OCH3 is 1. The van der Waals surface area contributed by atoms with Gasteiger partial charge in [0.05, 0.1) is 30.6 Å². The summed E-state index contributed by atoms with van der Waals surface area (Å²) in [6.07, 6.45) is 1.53. The molecule has 0 radical (unpaired) electrons. The van der Waals surface area contributed by atoms with Crippen molar-refractivity contribution in [3.63, 3.8) is 0 Å². The maximum Gasteiger partial charge on any atom is 0.255 e. The summed E-state index contributed by atoms with van der Waals surface area (Å²) >= 11 is 0. The Morgan fingerprint density at radius 3 is 2.47 bits per heavy atom. The standard InChI is InChI=1S/C26H21F3N4O3/c1-15-6-8-17(9-7-15)33-14-19(25(32-33)16-4-3-5-18(12-16)36-2)26(35)30-13-22(34)31-21-11-10-20(27)23(28)24(21)29/h3-12,14H,13H2,1-2H3,(H,30,35)(H,31,34). The highest BCUT2D eigenvalue weighted by atomic mass is 19.2. The van der Waals surface area contributed by atoms with Crippen LogP contribution < -0.4 is 15.4 Å². The van der Waals surface area contributed by atoms with E-state index in [2.05, 4.69) is 15.7 Å². The van der Waals surface area contributed by atoms with Gasteiger partial charge in [-0.3, -0.25) is 9.59 Å². The summed E-state index contributed by atoms with van der Waals surface area (Å²) in [6.45, 7) is 1.40. The molecule has 184 valence electrons. The number of amides is 2. The van der Waals surface area contributed by atoms with Gasteiger partial charge < -0.3 is 15.4 Å². The van der Waals surface area contributed by atoms with Crippen molar-refractivity contribution in [1.82, 2.24) is 15.1 Å². The van der Waals surface area contributed by atoms with Crippen LogP contribution in [0.3, 0.4) is 0 Å². The number of aryl methyl sites for hydroxylation is 1. The van der Waals surface area contributed by atoms with Crippen molar-refractivity contribution in [3.8, 4) is 22.7 Å². The van der Waals surface area contributed by atoms with E-state index in [1.807, 2.05) is 31.2 Å². The van der Waals surface area contributed by atoms with Crippen LogP contribution in [0.4, 0.5) is 18.9 Å². The van der Waals surface area contributed by atoms with E-state index in [1.165, 1.54) is 13.3 Å². The highest BCUT2D eigenvalue weighted by Gasteiger charge is 2.21. The van der Waals surface area contributed by atoms with Crippen LogP contribution in [0.15, 0.2) is 66.9 Å². The summed E-state index contributed by atoms with van der Waals surface area (Å²) in [7, 11) is 1.52. The van der Waals surface area contributed by atoms with E-state index in [9.17, 15) is 22.8 Å². The van der Waals surface area contributed by atoms with E-state index in [0.717, 1.165) is 17.3 Å². The average molecular weight is 494 g/mol. The molecule has 2 N–H and O–H groups in total. The molecular formula is C26H21F3N4O3. The number of ether oxygens (including phenoxy) is 1. The molecular weight excluding hydrogens is 473 g/mol. The Balaban J connectivity index is 1.58. The van der Waals surface area contributed by atoms with Crippen LogP contribution in [0, 0.1) is 24.4 Å². The first-order chi connectivity index (χ1) is 17.3. The highest BCUT2D eigenvalue weighted by molar-refractivity contribution is 6.02. The zero-order valence-electron chi connectivity index (χ0n) is 19.3. The van der Waals surface area contributed by atoms with Crippen LogP contribution >= 0.6 is 0 Å². The number of hydrogen-bond acceptors (Lipinski definition) is 4. The lowest BCUT2D eigenvalue weighted by Crippen LogP contribution is -2.33. The van der Waals surface area contributed by atoms with Gasteiger partial charge in [-0.15, -0.1) is 0 Å². The summed E-state index contributed by atoms with van der Waals surface area (Å²) in [5.41, 5.74) is 2.36. The molecule has 1 aromatic heterocycles. The van der Waals surface area contributed by atoms with Crippen molar-refractivity contribution in [1.29, 1.82) is 0 Å². The van der Waals surface area contributed by atoms with E-state index in [0.29, 0.717) is 23.1 Å². The minimum absolute atomic E-state index is 0.177. The summed E-state index contributed by atoms with van der Waals surface area (Å²) in [5, 5.41) is 9.14. The van der Waals surface area contributed by atoms with Gasteiger partial charge in [0.25, 0.3) is 5.91 Å². The van der Waals surface area contributed by atoms with Crippen LogP contribution in [-0.4, -0.2) is 35.2 Å². The third-order valence-electron chi connectivity index (χ3n) is 5.32. The van der Waals surface area contributed by atoms with Crippen molar-refractivity contribution in [2.75, 3.05) is 19.0 Å². The Labute approximate surface area is 204 Å².